The van der Waals surface area contributed by atoms with Crippen LogP contribution in [0.15, 0.2) is 17.1 Å². The molecule has 1 aliphatic heterocycles. The second-order valence-corrected chi connectivity index (χ2v) is 8.25. The normalized spacial score (nSPS) is 16.3. The van der Waals surface area contributed by atoms with E-state index in [0.717, 1.165) is 42.3 Å². The summed E-state index contributed by atoms with van der Waals surface area (Å²) >= 11 is 1.53. The lowest BCUT2D eigenvalue weighted by Gasteiger charge is -2.35. The van der Waals surface area contributed by atoms with Gasteiger partial charge in [-0.2, -0.15) is 0 Å². The number of aryl methyl sites for hydroxylation is 2. The van der Waals surface area contributed by atoms with Gasteiger partial charge in [-0.05, 0) is 18.9 Å². The van der Waals surface area contributed by atoms with E-state index in [1.807, 2.05) is 17.9 Å². The Hall–Kier alpha value is -1.66. The third-order valence-corrected chi connectivity index (χ3v) is 5.66. The van der Waals surface area contributed by atoms with E-state index in [-0.39, 0.29) is 11.5 Å². The molecule has 1 aliphatic rings. The van der Waals surface area contributed by atoms with Crippen LogP contribution in [0.1, 0.15) is 29.1 Å². The number of rotatable bonds is 3. The second kappa shape index (κ2) is 6.69. The Bertz CT molecular complexity index is 814. The summed E-state index contributed by atoms with van der Waals surface area (Å²) in [5.41, 5.74) is 0.521. The van der Waals surface area contributed by atoms with Gasteiger partial charge in [0.15, 0.2) is 0 Å². The number of hydrogen-bond acceptors (Lipinski definition) is 4. The second-order valence-electron chi connectivity index (χ2n) is 6.99. The fourth-order valence-electron chi connectivity index (χ4n) is 3.39. The zero-order valence-electron chi connectivity index (χ0n) is 14.8. The molecular formula is C18H25N3O2S. The molecule has 0 bridgehead atoms. The fraction of sp³-hybridized carbons (Fsp3) is 0.556. The molecule has 6 heteroatoms. The minimum atomic E-state index is -0.0846. The van der Waals surface area contributed by atoms with Gasteiger partial charge in [0.25, 0.3) is 11.5 Å². The van der Waals surface area contributed by atoms with Gasteiger partial charge < -0.3 is 9.47 Å². The van der Waals surface area contributed by atoms with Crippen molar-refractivity contribution in [3.8, 4) is 0 Å². The van der Waals surface area contributed by atoms with E-state index >= 15 is 0 Å². The van der Waals surface area contributed by atoms with Crippen molar-refractivity contribution in [3.05, 3.63) is 33.1 Å². The SMILES string of the molecule is Cc1sc2ccn(C)c(=O)c2c1C(=O)N1CCN(CC(C)C)CC1. The summed E-state index contributed by atoms with van der Waals surface area (Å²) in [5.74, 6) is 0.643. The fourth-order valence-corrected chi connectivity index (χ4v) is 4.43. The molecule has 0 spiro atoms. The predicted molar refractivity (Wildman–Crippen MR) is 99.0 cm³/mol. The molecule has 24 heavy (non-hydrogen) atoms. The third-order valence-electron chi connectivity index (χ3n) is 4.59. The van der Waals surface area contributed by atoms with E-state index in [0.29, 0.717) is 16.9 Å². The van der Waals surface area contributed by atoms with Gasteiger partial charge >= 0.3 is 0 Å². The van der Waals surface area contributed by atoms with E-state index in [9.17, 15) is 9.59 Å². The largest absolute Gasteiger partial charge is 0.336 e. The first kappa shape index (κ1) is 17.2. The minimum absolute atomic E-state index is 0.00578. The molecular weight excluding hydrogens is 322 g/mol. The molecule has 1 amide bonds. The van der Waals surface area contributed by atoms with Crippen LogP contribution in [0.3, 0.4) is 0 Å². The van der Waals surface area contributed by atoms with Crippen LogP contribution in [0, 0.1) is 12.8 Å². The highest BCUT2D eigenvalue weighted by atomic mass is 32.1. The lowest BCUT2D eigenvalue weighted by atomic mass is 10.1. The lowest BCUT2D eigenvalue weighted by molar-refractivity contribution is 0.0625. The average molecular weight is 347 g/mol. The van der Waals surface area contributed by atoms with Crippen LogP contribution >= 0.6 is 11.3 Å². The Balaban J connectivity index is 1.86. The Labute approximate surface area is 146 Å². The number of fused-ring (bicyclic) bond motifs is 1. The first-order chi connectivity index (χ1) is 11.4. The molecule has 2 aromatic heterocycles. The van der Waals surface area contributed by atoms with Gasteiger partial charge in [-0.3, -0.25) is 14.5 Å². The smallest absolute Gasteiger partial charge is 0.259 e. The van der Waals surface area contributed by atoms with Crippen molar-refractivity contribution in [1.29, 1.82) is 0 Å². The first-order valence-electron chi connectivity index (χ1n) is 8.49. The number of nitrogens with zero attached hydrogens (tertiary/aromatic N) is 3. The molecule has 0 aromatic carbocycles. The third kappa shape index (κ3) is 3.13. The van der Waals surface area contributed by atoms with E-state index in [2.05, 4.69) is 18.7 Å². The molecule has 3 heterocycles. The van der Waals surface area contributed by atoms with Crippen molar-refractivity contribution in [2.45, 2.75) is 20.8 Å². The zero-order valence-corrected chi connectivity index (χ0v) is 15.7. The first-order valence-corrected chi connectivity index (χ1v) is 9.30. The van der Waals surface area contributed by atoms with E-state index in [4.69, 9.17) is 0 Å². The molecule has 0 radical (unpaired) electrons. The Kier molecular flexibility index (Phi) is 4.78. The van der Waals surface area contributed by atoms with E-state index < -0.39 is 0 Å². The summed E-state index contributed by atoms with van der Waals surface area (Å²) in [6, 6.07) is 1.92. The molecule has 1 fully saturated rings. The number of thiophene rings is 1. The van der Waals surface area contributed by atoms with Crippen molar-refractivity contribution >= 4 is 27.3 Å². The van der Waals surface area contributed by atoms with Crippen molar-refractivity contribution in [2.75, 3.05) is 32.7 Å². The molecule has 130 valence electrons. The molecule has 0 atom stereocenters. The summed E-state index contributed by atoms with van der Waals surface area (Å²) in [5, 5.41) is 0.581. The van der Waals surface area contributed by atoms with Crippen molar-refractivity contribution < 1.29 is 4.79 Å². The van der Waals surface area contributed by atoms with Crippen LogP contribution in [0.2, 0.25) is 0 Å². The van der Waals surface area contributed by atoms with Gasteiger partial charge in [0.1, 0.15) is 0 Å². The van der Waals surface area contributed by atoms with Crippen LogP contribution < -0.4 is 5.56 Å². The van der Waals surface area contributed by atoms with Crippen molar-refractivity contribution in [1.82, 2.24) is 14.4 Å². The maximum Gasteiger partial charge on any atom is 0.259 e. The predicted octanol–water partition coefficient (Wildman–Crippen LogP) is 2.32. The Morgan fingerprint density at radius 2 is 1.92 bits per heavy atom. The van der Waals surface area contributed by atoms with Gasteiger partial charge in [-0.1, -0.05) is 13.8 Å². The number of carbonyl (C=O) groups is 1. The molecule has 1 saturated heterocycles. The molecule has 0 N–H and O–H groups in total. The highest BCUT2D eigenvalue weighted by molar-refractivity contribution is 7.19. The standard InChI is InChI=1S/C18H25N3O2S/c1-12(2)11-20-7-9-21(10-8-20)18(23)15-13(3)24-14-5-6-19(4)17(22)16(14)15/h5-6,12H,7-11H2,1-4H3. The number of carbonyl (C=O) groups excluding carboxylic acids is 1. The maximum atomic E-state index is 13.1. The van der Waals surface area contributed by atoms with Gasteiger partial charge in [0.05, 0.1) is 10.9 Å². The highest BCUT2D eigenvalue weighted by Gasteiger charge is 2.27. The number of aromatic nitrogens is 1. The quantitative estimate of drug-likeness (QED) is 0.856. The number of hydrogen-bond donors (Lipinski definition) is 0. The molecule has 2 aromatic rings. The maximum absolute atomic E-state index is 13.1. The highest BCUT2D eigenvalue weighted by Crippen LogP contribution is 2.29. The number of amides is 1. The average Bonchev–Trinajstić information content (AvgIpc) is 2.87. The number of piperazine rings is 1. The minimum Gasteiger partial charge on any atom is -0.336 e. The van der Waals surface area contributed by atoms with Gasteiger partial charge in [0.2, 0.25) is 0 Å². The Morgan fingerprint density at radius 3 is 2.54 bits per heavy atom. The number of pyridine rings is 1. The monoisotopic (exact) mass is 347 g/mol. The summed E-state index contributed by atoms with van der Waals surface area (Å²) < 4.78 is 2.45. The van der Waals surface area contributed by atoms with Crippen LogP contribution in [-0.2, 0) is 7.05 Å². The summed E-state index contributed by atoms with van der Waals surface area (Å²) in [4.78, 5) is 30.8. The van der Waals surface area contributed by atoms with Crippen LogP contribution in [0.4, 0.5) is 0 Å². The van der Waals surface area contributed by atoms with E-state index in [1.54, 1.807) is 17.8 Å². The van der Waals surface area contributed by atoms with Crippen molar-refractivity contribution in [2.24, 2.45) is 13.0 Å². The van der Waals surface area contributed by atoms with Crippen LogP contribution in [-0.4, -0.2) is 53.0 Å². The van der Waals surface area contributed by atoms with Crippen molar-refractivity contribution in [3.63, 3.8) is 0 Å². The van der Waals surface area contributed by atoms with Crippen LogP contribution in [0.25, 0.3) is 10.1 Å². The summed E-state index contributed by atoms with van der Waals surface area (Å²) in [7, 11) is 1.73. The summed E-state index contributed by atoms with van der Waals surface area (Å²) in [6.45, 7) is 10.7. The zero-order chi connectivity index (χ0) is 17.4. The van der Waals surface area contributed by atoms with Gasteiger partial charge in [0, 0.05) is 55.5 Å². The van der Waals surface area contributed by atoms with E-state index in [1.165, 1.54) is 11.3 Å². The lowest BCUT2D eigenvalue weighted by Crippen LogP contribution is -2.49. The van der Waals surface area contributed by atoms with Crippen LogP contribution in [0.5, 0.6) is 0 Å². The summed E-state index contributed by atoms with van der Waals surface area (Å²) in [6.07, 6.45) is 1.76. The Morgan fingerprint density at radius 1 is 1.25 bits per heavy atom. The molecule has 0 unspecified atom stereocenters. The molecule has 5 nitrogen and oxygen atoms in total. The topological polar surface area (TPSA) is 45.6 Å². The van der Waals surface area contributed by atoms with Gasteiger partial charge in [-0.15, -0.1) is 11.3 Å². The molecule has 3 rings (SSSR count). The van der Waals surface area contributed by atoms with Gasteiger partial charge in [-0.25, -0.2) is 0 Å². The molecule has 0 saturated carbocycles. The molecule has 0 aliphatic carbocycles.